The van der Waals surface area contributed by atoms with Gasteiger partial charge in [0.15, 0.2) is 5.82 Å². The fraction of sp³-hybridized carbons (Fsp3) is 0.700. The lowest BCUT2D eigenvalue weighted by Crippen LogP contribution is -2.47. The Balaban J connectivity index is 1.50. The molecule has 2 aromatic rings. The fourth-order valence-electron chi connectivity index (χ4n) is 4.53. The molecule has 6 nitrogen and oxygen atoms in total. The maximum atomic E-state index is 12.7. The van der Waals surface area contributed by atoms with Gasteiger partial charge in [0, 0.05) is 11.8 Å². The highest BCUT2D eigenvalue weighted by molar-refractivity contribution is 7.07. The number of thiazole rings is 1. The molecule has 1 amide bonds. The Hall–Kier alpha value is -1.76. The van der Waals surface area contributed by atoms with Crippen LogP contribution in [0.5, 0.6) is 0 Å². The first-order valence-corrected chi connectivity index (χ1v) is 11.2. The summed E-state index contributed by atoms with van der Waals surface area (Å²) in [7, 11) is 0. The van der Waals surface area contributed by atoms with E-state index in [1.807, 2.05) is 5.38 Å². The van der Waals surface area contributed by atoms with Gasteiger partial charge in [-0.05, 0) is 31.6 Å². The second-order valence-electron chi connectivity index (χ2n) is 8.07. The quantitative estimate of drug-likeness (QED) is 0.751. The highest BCUT2D eigenvalue weighted by Gasteiger charge is 2.39. The molecule has 2 aliphatic rings. The van der Waals surface area contributed by atoms with E-state index in [-0.39, 0.29) is 5.91 Å². The molecule has 0 saturated heterocycles. The summed E-state index contributed by atoms with van der Waals surface area (Å²) in [5.74, 6) is 2.06. The van der Waals surface area contributed by atoms with E-state index >= 15 is 0 Å². The van der Waals surface area contributed by atoms with Gasteiger partial charge in [0.25, 0.3) is 0 Å². The summed E-state index contributed by atoms with van der Waals surface area (Å²) in [4.78, 5) is 21.7. The largest absolute Gasteiger partial charge is 0.343 e. The standard InChI is InChI=1S/C20H28N4O2S/c25-17(12-16-13-27-14-21-16)23-20(9-5-1-2-6-10-20)19-22-18(26-24-19)11-15-7-3-4-8-15/h13-15H,1-12H2,(H,23,25). The molecule has 2 heterocycles. The number of hydrogen-bond acceptors (Lipinski definition) is 6. The van der Waals surface area contributed by atoms with E-state index in [1.165, 1.54) is 49.9 Å². The van der Waals surface area contributed by atoms with Gasteiger partial charge in [-0.15, -0.1) is 11.3 Å². The van der Waals surface area contributed by atoms with Crippen molar-refractivity contribution < 1.29 is 9.32 Å². The molecule has 0 unspecified atom stereocenters. The van der Waals surface area contributed by atoms with Crippen LogP contribution in [-0.4, -0.2) is 21.0 Å². The van der Waals surface area contributed by atoms with Crippen molar-refractivity contribution in [2.75, 3.05) is 0 Å². The summed E-state index contributed by atoms with van der Waals surface area (Å²) >= 11 is 1.51. The lowest BCUT2D eigenvalue weighted by atomic mass is 9.89. The molecule has 1 N–H and O–H groups in total. The third kappa shape index (κ3) is 4.57. The van der Waals surface area contributed by atoms with Crippen LogP contribution < -0.4 is 5.32 Å². The first-order valence-electron chi connectivity index (χ1n) is 10.2. The van der Waals surface area contributed by atoms with E-state index in [4.69, 9.17) is 9.51 Å². The summed E-state index contributed by atoms with van der Waals surface area (Å²) in [6, 6.07) is 0. The third-order valence-corrected chi connectivity index (χ3v) is 6.63. The van der Waals surface area contributed by atoms with Crippen molar-refractivity contribution in [3.05, 3.63) is 28.3 Å². The minimum Gasteiger partial charge on any atom is -0.343 e. The number of aromatic nitrogens is 3. The molecule has 0 aromatic carbocycles. The van der Waals surface area contributed by atoms with Crippen LogP contribution in [0.2, 0.25) is 0 Å². The Bertz CT molecular complexity index is 729. The molecular weight excluding hydrogens is 360 g/mol. The van der Waals surface area contributed by atoms with Gasteiger partial charge in [-0.2, -0.15) is 4.98 Å². The number of carbonyl (C=O) groups excluding carboxylic acids is 1. The molecule has 2 aromatic heterocycles. The summed E-state index contributed by atoms with van der Waals surface area (Å²) in [5.41, 5.74) is 2.08. The Kier molecular flexibility index (Phi) is 5.86. The van der Waals surface area contributed by atoms with Crippen molar-refractivity contribution in [1.82, 2.24) is 20.4 Å². The van der Waals surface area contributed by atoms with Crippen LogP contribution in [0.3, 0.4) is 0 Å². The van der Waals surface area contributed by atoms with Crippen molar-refractivity contribution >= 4 is 17.2 Å². The molecule has 2 saturated carbocycles. The topological polar surface area (TPSA) is 80.9 Å². The SMILES string of the molecule is O=C(Cc1cscn1)NC1(c2noc(CC3CCCC3)n2)CCCCCC1. The van der Waals surface area contributed by atoms with Gasteiger partial charge >= 0.3 is 0 Å². The molecule has 0 spiro atoms. The summed E-state index contributed by atoms with van der Waals surface area (Å²) in [5, 5.41) is 9.53. The van der Waals surface area contributed by atoms with Crippen LogP contribution in [0, 0.1) is 5.92 Å². The van der Waals surface area contributed by atoms with E-state index < -0.39 is 5.54 Å². The number of nitrogens with one attached hydrogen (secondary N) is 1. The van der Waals surface area contributed by atoms with E-state index in [1.54, 1.807) is 5.51 Å². The van der Waals surface area contributed by atoms with Gasteiger partial charge in [0.2, 0.25) is 11.8 Å². The molecule has 2 fully saturated rings. The first-order chi connectivity index (χ1) is 13.2. The first kappa shape index (κ1) is 18.6. The predicted octanol–water partition coefficient (Wildman–Crippen LogP) is 4.17. The molecule has 146 valence electrons. The van der Waals surface area contributed by atoms with Gasteiger partial charge in [-0.1, -0.05) is 43.7 Å². The van der Waals surface area contributed by atoms with E-state index in [2.05, 4.69) is 15.5 Å². The third-order valence-electron chi connectivity index (χ3n) is 6.00. The maximum absolute atomic E-state index is 12.7. The van der Waals surface area contributed by atoms with Crippen molar-refractivity contribution in [3.63, 3.8) is 0 Å². The Morgan fingerprint density at radius 2 is 1.96 bits per heavy atom. The van der Waals surface area contributed by atoms with E-state index in [0.29, 0.717) is 18.2 Å². The minimum absolute atomic E-state index is 0.00931. The normalized spacial score (nSPS) is 20.4. The average Bonchev–Trinajstić information content (AvgIpc) is 3.40. The molecule has 0 radical (unpaired) electrons. The minimum atomic E-state index is -0.499. The fourth-order valence-corrected chi connectivity index (χ4v) is 5.09. The molecular formula is C20H28N4O2S. The van der Waals surface area contributed by atoms with Gasteiger partial charge in [0.1, 0.15) is 5.54 Å². The monoisotopic (exact) mass is 388 g/mol. The van der Waals surface area contributed by atoms with Crippen LogP contribution >= 0.6 is 11.3 Å². The highest BCUT2D eigenvalue weighted by atomic mass is 32.1. The second-order valence-corrected chi connectivity index (χ2v) is 8.79. The van der Waals surface area contributed by atoms with Crippen LogP contribution in [0.25, 0.3) is 0 Å². The van der Waals surface area contributed by atoms with Gasteiger partial charge < -0.3 is 9.84 Å². The zero-order valence-electron chi connectivity index (χ0n) is 15.8. The van der Waals surface area contributed by atoms with Gasteiger partial charge in [-0.25, -0.2) is 4.98 Å². The summed E-state index contributed by atoms with van der Waals surface area (Å²) < 4.78 is 5.61. The Morgan fingerprint density at radius 1 is 1.19 bits per heavy atom. The Morgan fingerprint density at radius 3 is 2.67 bits per heavy atom. The van der Waals surface area contributed by atoms with Crippen LogP contribution in [0.15, 0.2) is 15.4 Å². The molecule has 2 aliphatic carbocycles. The average molecular weight is 389 g/mol. The second kappa shape index (κ2) is 8.50. The smallest absolute Gasteiger partial charge is 0.227 e. The van der Waals surface area contributed by atoms with Crippen molar-refractivity contribution in [2.45, 2.75) is 82.6 Å². The highest BCUT2D eigenvalue weighted by Crippen LogP contribution is 2.35. The molecule has 27 heavy (non-hydrogen) atoms. The molecule has 0 aliphatic heterocycles. The zero-order chi connectivity index (χ0) is 18.5. The van der Waals surface area contributed by atoms with E-state index in [9.17, 15) is 4.79 Å². The van der Waals surface area contributed by atoms with E-state index in [0.717, 1.165) is 43.7 Å². The number of rotatable bonds is 6. The maximum Gasteiger partial charge on any atom is 0.227 e. The van der Waals surface area contributed by atoms with Crippen molar-refractivity contribution in [3.8, 4) is 0 Å². The van der Waals surface area contributed by atoms with Gasteiger partial charge in [0.05, 0.1) is 17.6 Å². The zero-order valence-corrected chi connectivity index (χ0v) is 16.6. The number of carbonyl (C=O) groups is 1. The summed E-state index contributed by atoms with van der Waals surface area (Å²) in [6.07, 6.45) is 12.6. The number of amides is 1. The summed E-state index contributed by atoms with van der Waals surface area (Å²) in [6.45, 7) is 0. The van der Waals surface area contributed by atoms with Crippen molar-refractivity contribution in [2.24, 2.45) is 5.92 Å². The molecule has 4 rings (SSSR count). The molecule has 0 atom stereocenters. The lowest BCUT2D eigenvalue weighted by Gasteiger charge is -2.30. The molecule has 0 bridgehead atoms. The molecule has 7 heteroatoms. The van der Waals surface area contributed by atoms with Gasteiger partial charge in [-0.3, -0.25) is 4.79 Å². The Labute approximate surface area is 164 Å². The predicted molar refractivity (Wildman–Crippen MR) is 103 cm³/mol. The van der Waals surface area contributed by atoms with Crippen molar-refractivity contribution in [1.29, 1.82) is 0 Å². The van der Waals surface area contributed by atoms with Crippen LogP contribution in [0.4, 0.5) is 0 Å². The van der Waals surface area contributed by atoms with Crippen LogP contribution in [-0.2, 0) is 23.2 Å². The number of nitrogens with zero attached hydrogens (tertiary/aromatic N) is 3. The number of hydrogen-bond donors (Lipinski definition) is 1. The lowest BCUT2D eigenvalue weighted by molar-refractivity contribution is -0.122. The van der Waals surface area contributed by atoms with Crippen LogP contribution in [0.1, 0.15) is 81.6 Å².